The number of nitrogens with zero attached hydrogens (tertiary/aromatic N) is 1. The van der Waals surface area contributed by atoms with Gasteiger partial charge in [0, 0.05) is 23.6 Å². The minimum absolute atomic E-state index is 0.0720. The third-order valence-electron chi connectivity index (χ3n) is 7.76. The lowest BCUT2D eigenvalue weighted by molar-refractivity contribution is -0.0251. The van der Waals surface area contributed by atoms with Crippen LogP contribution in [0, 0.1) is 11.8 Å². The largest absolute Gasteiger partial charge is 0.504 e. The van der Waals surface area contributed by atoms with Crippen molar-refractivity contribution in [1.29, 1.82) is 0 Å². The number of phenolic OH excluding ortho intramolecular Hbond substituents is 2. The van der Waals surface area contributed by atoms with Crippen molar-refractivity contribution >= 4 is 0 Å². The molecule has 5 rings (SSSR count). The Kier molecular flexibility index (Phi) is 3.38. The summed E-state index contributed by atoms with van der Waals surface area (Å²) in [7, 11) is 0. The summed E-state index contributed by atoms with van der Waals surface area (Å²) in [6.07, 6.45) is 11.6. The van der Waals surface area contributed by atoms with E-state index < -0.39 is 0 Å². The van der Waals surface area contributed by atoms with E-state index in [2.05, 4.69) is 11.0 Å². The van der Waals surface area contributed by atoms with Crippen LogP contribution in [0.25, 0.3) is 0 Å². The predicted molar refractivity (Wildman–Crippen MR) is 94.4 cm³/mol. The lowest BCUT2D eigenvalue weighted by Gasteiger charge is -2.59. The van der Waals surface area contributed by atoms with Gasteiger partial charge in [-0.1, -0.05) is 25.3 Å². The maximum absolute atomic E-state index is 10.7. The number of hydrogen-bond acceptors (Lipinski definition) is 3. The van der Waals surface area contributed by atoms with Crippen molar-refractivity contribution in [1.82, 2.24) is 4.90 Å². The fourth-order valence-electron chi connectivity index (χ4n) is 6.41. The first-order chi connectivity index (χ1) is 11.7. The van der Waals surface area contributed by atoms with Crippen LogP contribution < -0.4 is 0 Å². The Hall–Kier alpha value is -1.22. The van der Waals surface area contributed by atoms with Gasteiger partial charge in [0.15, 0.2) is 11.5 Å². The number of piperidine rings is 1. The molecule has 130 valence electrons. The molecule has 3 fully saturated rings. The molecular weight excluding hydrogens is 298 g/mol. The van der Waals surface area contributed by atoms with E-state index >= 15 is 0 Å². The molecule has 0 unspecified atom stereocenters. The van der Waals surface area contributed by atoms with Crippen molar-refractivity contribution in [2.75, 3.05) is 13.1 Å². The zero-order chi connectivity index (χ0) is 16.3. The molecule has 0 radical (unpaired) electrons. The quantitative estimate of drug-likeness (QED) is 0.808. The number of benzene rings is 1. The van der Waals surface area contributed by atoms with Gasteiger partial charge in [-0.2, -0.15) is 0 Å². The Morgan fingerprint density at radius 3 is 2.71 bits per heavy atom. The standard InChI is InChI=1S/C21H29NO2/c23-18-8-7-15-12-17-16-6-1-2-9-21(16,19(15)20(18)24)10-11-22(17)13-14-4-3-5-14/h7-8,14,16-17,23-24H,1-6,9-13H2/t16-,17+,21+/m0/s1. The summed E-state index contributed by atoms with van der Waals surface area (Å²) in [6.45, 7) is 2.46. The van der Waals surface area contributed by atoms with E-state index in [0.717, 1.165) is 24.3 Å². The highest BCUT2D eigenvalue weighted by molar-refractivity contribution is 5.55. The SMILES string of the molecule is Oc1ccc2c(c1O)[C@@]13CCCC[C@H]1[C@@H](C2)N(CC1CCC1)CC3. The molecule has 1 aromatic carbocycles. The van der Waals surface area contributed by atoms with Gasteiger partial charge in [0.2, 0.25) is 0 Å². The van der Waals surface area contributed by atoms with E-state index in [1.165, 1.54) is 63.6 Å². The first-order valence-corrected chi connectivity index (χ1v) is 9.97. The first-order valence-electron chi connectivity index (χ1n) is 9.97. The number of aromatic hydroxyl groups is 2. The van der Waals surface area contributed by atoms with Gasteiger partial charge in [-0.15, -0.1) is 0 Å². The van der Waals surface area contributed by atoms with Gasteiger partial charge in [-0.3, -0.25) is 4.90 Å². The van der Waals surface area contributed by atoms with Crippen molar-refractivity contribution in [3.05, 3.63) is 23.3 Å². The van der Waals surface area contributed by atoms with Crippen LogP contribution in [0.4, 0.5) is 0 Å². The van der Waals surface area contributed by atoms with Crippen LogP contribution in [-0.2, 0) is 11.8 Å². The van der Waals surface area contributed by atoms with E-state index in [-0.39, 0.29) is 16.9 Å². The van der Waals surface area contributed by atoms with Crippen LogP contribution in [-0.4, -0.2) is 34.2 Å². The number of phenols is 2. The minimum atomic E-state index is 0.0720. The molecule has 2 bridgehead atoms. The molecule has 3 heteroatoms. The molecule has 24 heavy (non-hydrogen) atoms. The molecular formula is C21H29NO2. The van der Waals surface area contributed by atoms with Crippen molar-refractivity contribution in [2.24, 2.45) is 11.8 Å². The van der Waals surface area contributed by atoms with Crippen molar-refractivity contribution in [3.63, 3.8) is 0 Å². The third kappa shape index (κ3) is 2.00. The Bertz CT molecular complexity index is 653. The predicted octanol–water partition coefficient (Wildman–Crippen LogP) is 3.96. The Labute approximate surface area is 144 Å². The summed E-state index contributed by atoms with van der Waals surface area (Å²) in [6, 6.07) is 4.42. The second kappa shape index (κ2) is 5.39. The van der Waals surface area contributed by atoms with Crippen LogP contribution in [0.15, 0.2) is 12.1 Å². The zero-order valence-corrected chi connectivity index (χ0v) is 14.5. The second-order valence-corrected chi connectivity index (χ2v) is 8.79. The van der Waals surface area contributed by atoms with Gasteiger partial charge in [-0.05, 0) is 68.5 Å². The lowest BCUT2D eigenvalue weighted by atomic mass is 9.52. The molecule has 3 nitrogen and oxygen atoms in total. The Morgan fingerprint density at radius 1 is 1.04 bits per heavy atom. The van der Waals surface area contributed by atoms with E-state index in [4.69, 9.17) is 0 Å². The molecule has 0 spiro atoms. The summed E-state index contributed by atoms with van der Waals surface area (Å²) in [5, 5.41) is 20.8. The molecule has 3 atom stereocenters. The fourth-order valence-corrected chi connectivity index (χ4v) is 6.41. The Morgan fingerprint density at radius 2 is 1.92 bits per heavy atom. The number of fused-ring (bicyclic) bond motifs is 1. The highest BCUT2D eigenvalue weighted by Gasteiger charge is 2.55. The summed E-state index contributed by atoms with van der Waals surface area (Å²) in [5.74, 6) is 1.85. The molecule has 1 heterocycles. The van der Waals surface area contributed by atoms with Gasteiger partial charge < -0.3 is 10.2 Å². The molecule has 1 aliphatic heterocycles. The van der Waals surface area contributed by atoms with Crippen LogP contribution in [0.2, 0.25) is 0 Å². The van der Waals surface area contributed by atoms with Gasteiger partial charge >= 0.3 is 0 Å². The normalized spacial score (nSPS) is 35.8. The molecule has 1 saturated heterocycles. The molecule has 0 amide bonds. The average Bonchev–Trinajstić information content (AvgIpc) is 2.55. The number of hydrogen-bond donors (Lipinski definition) is 2. The topological polar surface area (TPSA) is 43.7 Å². The average molecular weight is 327 g/mol. The van der Waals surface area contributed by atoms with E-state index in [9.17, 15) is 10.2 Å². The molecule has 0 aromatic heterocycles. The molecule has 3 aliphatic carbocycles. The Balaban J connectivity index is 1.57. The maximum Gasteiger partial charge on any atom is 0.161 e. The number of likely N-dealkylation sites (tertiary alicyclic amines) is 1. The van der Waals surface area contributed by atoms with Gasteiger partial charge in [0.1, 0.15) is 0 Å². The number of rotatable bonds is 2. The van der Waals surface area contributed by atoms with Gasteiger partial charge in [0.05, 0.1) is 0 Å². The summed E-state index contributed by atoms with van der Waals surface area (Å²) in [4.78, 5) is 2.80. The smallest absolute Gasteiger partial charge is 0.161 e. The van der Waals surface area contributed by atoms with Crippen LogP contribution >= 0.6 is 0 Å². The third-order valence-corrected chi connectivity index (χ3v) is 7.76. The fraction of sp³-hybridized carbons (Fsp3) is 0.714. The molecule has 1 aromatic rings. The minimum Gasteiger partial charge on any atom is -0.504 e. The maximum atomic E-state index is 10.7. The second-order valence-electron chi connectivity index (χ2n) is 8.79. The van der Waals surface area contributed by atoms with Crippen molar-refractivity contribution < 1.29 is 10.2 Å². The molecule has 2 N–H and O–H groups in total. The summed E-state index contributed by atoms with van der Waals surface area (Å²) >= 11 is 0. The van der Waals surface area contributed by atoms with Crippen molar-refractivity contribution in [3.8, 4) is 11.5 Å². The van der Waals surface area contributed by atoms with E-state index in [1.807, 2.05) is 0 Å². The molecule has 2 saturated carbocycles. The summed E-state index contributed by atoms with van der Waals surface area (Å²) in [5.41, 5.74) is 2.54. The van der Waals surface area contributed by atoms with Crippen LogP contribution in [0.5, 0.6) is 11.5 Å². The van der Waals surface area contributed by atoms with Crippen LogP contribution in [0.1, 0.15) is 62.5 Å². The monoisotopic (exact) mass is 327 g/mol. The van der Waals surface area contributed by atoms with Gasteiger partial charge in [0.25, 0.3) is 0 Å². The highest BCUT2D eigenvalue weighted by atomic mass is 16.3. The van der Waals surface area contributed by atoms with Gasteiger partial charge in [-0.25, -0.2) is 0 Å². The van der Waals surface area contributed by atoms with Crippen LogP contribution in [0.3, 0.4) is 0 Å². The first kappa shape index (κ1) is 15.1. The van der Waals surface area contributed by atoms with Crippen molar-refractivity contribution in [2.45, 2.75) is 69.2 Å². The lowest BCUT2D eigenvalue weighted by Crippen LogP contribution is -2.61. The highest BCUT2D eigenvalue weighted by Crippen LogP contribution is 2.59. The van der Waals surface area contributed by atoms with E-state index in [1.54, 1.807) is 6.07 Å². The zero-order valence-electron chi connectivity index (χ0n) is 14.5. The summed E-state index contributed by atoms with van der Waals surface area (Å²) < 4.78 is 0. The molecule has 4 aliphatic rings. The van der Waals surface area contributed by atoms with E-state index in [0.29, 0.717) is 12.0 Å².